The molecule has 0 heterocycles. The SMILES string of the molecule is Cc1cc(F)cc(C(O)c2cccc(N(C)C)c2)c1. The van der Waals surface area contributed by atoms with Crippen LogP contribution in [0.3, 0.4) is 0 Å². The fraction of sp³-hybridized carbons (Fsp3) is 0.250. The van der Waals surface area contributed by atoms with Gasteiger partial charge in [0.2, 0.25) is 0 Å². The Morgan fingerprint density at radius 2 is 1.79 bits per heavy atom. The zero-order valence-electron chi connectivity index (χ0n) is 11.4. The molecule has 2 aromatic rings. The molecule has 0 radical (unpaired) electrons. The molecule has 2 aromatic carbocycles. The number of rotatable bonds is 3. The van der Waals surface area contributed by atoms with Crippen molar-refractivity contribution in [2.45, 2.75) is 13.0 Å². The van der Waals surface area contributed by atoms with Crippen LogP contribution in [0.5, 0.6) is 0 Å². The zero-order chi connectivity index (χ0) is 14.0. The maximum absolute atomic E-state index is 13.4. The van der Waals surface area contributed by atoms with Crippen LogP contribution in [-0.4, -0.2) is 19.2 Å². The van der Waals surface area contributed by atoms with Gasteiger partial charge < -0.3 is 10.0 Å². The van der Waals surface area contributed by atoms with Crippen molar-refractivity contribution in [1.82, 2.24) is 0 Å². The van der Waals surface area contributed by atoms with Crippen molar-refractivity contribution in [3.8, 4) is 0 Å². The summed E-state index contributed by atoms with van der Waals surface area (Å²) in [6, 6.07) is 12.2. The molecular weight excluding hydrogens is 241 g/mol. The number of nitrogens with zero attached hydrogens (tertiary/aromatic N) is 1. The van der Waals surface area contributed by atoms with Gasteiger partial charge in [0.25, 0.3) is 0 Å². The van der Waals surface area contributed by atoms with E-state index in [4.69, 9.17) is 0 Å². The topological polar surface area (TPSA) is 23.5 Å². The molecule has 2 rings (SSSR count). The molecule has 0 amide bonds. The van der Waals surface area contributed by atoms with Crippen molar-refractivity contribution < 1.29 is 9.50 Å². The summed E-state index contributed by atoms with van der Waals surface area (Å²) < 4.78 is 13.4. The lowest BCUT2D eigenvalue weighted by atomic mass is 9.99. The molecule has 2 nitrogen and oxygen atoms in total. The fourth-order valence-electron chi connectivity index (χ4n) is 2.09. The summed E-state index contributed by atoms with van der Waals surface area (Å²) in [6.45, 7) is 1.82. The smallest absolute Gasteiger partial charge is 0.123 e. The third-order valence-corrected chi connectivity index (χ3v) is 3.08. The minimum atomic E-state index is -0.811. The summed E-state index contributed by atoms with van der Waals surface area (Å²) in [7, 11) is 3.88. The summed E-state index contributed by atoms with van der Waals surface area (Å²) in [6.07, 6.45) is -0.811. The molecule has 100 valence electrons. The van der Waals surface area contributed by atoms with Gasteiger partial charge in [0.15, 0.2) is 0 Å². The van der Waals surface area contributed by atoms with Gasteiger partial charge in [-0.2, -0.15) is 0 Å². The zero-order valence-corrected chi connectivity index (χ0v) is 11.4. The van der Waals surface area contributed by atoms with E-state index in [0.717, 1.165) is 16.8 Å². The molecule has 0 aliphatic heterocycles. The van der Waals surface area contributed by atoms with Crippen molar-refractivity contribution in [3.63, 3.8) is 0 Å². The van der Waals surface area contributed by atoms with Gasteiger partial charge in [0, 0.05) is 19.8 Å². The Bertz CT molecular complexity index is 560. The molecule has 0 fully saturated rings. The Kier molecular flexibility index (Phi) is 3.86. The number of aryl methyl sites for hydroxylation is 1. The molecular formula is C16H18FNO. The van der Waals surface area contributed by atoms with Gasteiger partial charge in [0.1, 0.15) is 11.9 Å². The Hall–Kier alpha value is -1.87. The van der Waals surface area contributed by atoms with E-state index in [2.05, 4.69) is 0 Å². The Balaban J connectivity index is 2.38. The normalized spacial score (nSPS) is 12.3. The third kappa shape index (κ3) is 3.12. The number of hydrogen-bond donors (Lipinski definition) is 1. The van der Waals surface area contributed by atoms with Gasteiger partial charge in [0.05, 0.1) is 0 Å². The van der Waals surface area contributed by atoms with E-state index in [0.29, 0.717) is 5.56 Å². The minimum absolute atomic E-state index is 0.321. The number of aliphatic hydroxyl groups is 1. The average molecular weight is 259 g/mol. The fourth-order valence-corrected chi connectivity index (χ4v) is 2.09. The second-order valence-corrected chi connectivity index (χ2v) is 4.95. The Labute approximate surface area is 113 Å². The van der Waals surface area contributed by atoms with E-state index in [-0.39, 0.29) is 5.82 Å². The van der Waals surface area contributed by atoms with Crippen molar-refractivity contribution in [2.75, 3.05) is 19.0 Å². The predicted octanol–water partition coefficient (Wildman–Crippen LogP) is 3.28. The van der Waals surface area contributed by atoms with E-state index in [9.17, 15) is 9.50 Å². The first-order chi connectivity index (χ1) is 8.97. The van der Waals surface area contributed by atoms with Crippen LogP contribution < -0.4 is 4.90 Å². The van der Waals surface area contributed by atoms with E-state index in [1.165, 1.54) is 12.1 Å². The highest BCUT2D eigenvalue weighted by atomic mass is 19.1. The molecule has 3 heteroatoms. The molecule has 1 atom stereocenters. The van der Waals surface area contributed by atoms with Crippen molar-refractivity contribution >= 4 is 5.69 Å². The lowest BCUT2D eigenvalue weighted by Crippen LogP contribution is -2.09. The van der Waals surface area contributed by atoms with Crippen molar-refractivity contribution in [2.24, 2.45) is 0 Å². The van der Waals surface area contributed by atoms with Crippen molar-refractivity contribution in [3.05, 3.63) is 65.0 Å². The van der Waals surface area contributed by atoms with Crippen LogP contribution in [0.4, 0.5) is 10.1 Å². The quantitative estimate of drug-likeness (QED) is 0.914. The monoisotopic (exact) mass is 259 g/mol. The van der Waals surface area contributed by atoms with Gasteiger partial charge in [-0.25, -0.2) is 4.39 Å². The highest BCUT2D eigenvalue weighted by Crippen LogP contribution is 2.26. The van der Waals surface area contributed by atoms with Gasteiger partial charge in [-0.15, -0.1) is 0 Å². The summed E-state index contributed by atoms with van der Waals surface area (Å²) in [5.41, 5.74) is 3.15. The maximum Gasteiger partial charge on any atom is 0.123 e. The second kappa shape index (κ2) is 5.41. The molecule has 0 aliphatic rings. The number of aliphatic hydroxyl groups excluding tert-OH is 1. The maximum atomic E-state index is 13.4. The predicted molar refractivity (Wildman–Crippen MR) is 76.0 cm³/mol. The van der Waals surface area contributed by atoms with Crippen LogP contribution in [0.15, 0.2) is 42.5 Å². The highest BCUT2D eigenvalue weighted by molar-refractivity contribution is 5.49. The number of benzene rings is 2. The van der Waals surface area contributed by atoms with Crippen LogP contribution in [-0.2, 0) is 0 Å². The largest absolute Gasteiger partial charge is 0.384 e. The van der Waals surface area contributed by atoms with Crippen LogP contribution in [0.2, 0.25) is 0 Å². The summed E-state index contributed by atoms with van der Waals surface area (Å²) in [5, 5.41) is 10.4. The van der Waals surface area contributed by atoms with Gasteiger partial charge in [-0.3, -0.25) is 0 Å². The minimum Gasteiger partial charge on any atom is -0.384 e. The summed E-state index contributed by atoms with van der Waals surface area (Å²) >= 11 is 0. The number of hydrogen-bond acceptors (Lipinski definition) is 2. The molecule has 0 aliphatic carbocycles. The van der Waals surface area contributed by atoms with E-state index >= 15 is 0 Å². The van der Waals surface area contributed by atoms with Gasteiger partial charge >= 0.3 is 0 Å². The molecule has 0 bridgehead atoms. The van der Waals surface area contributed by atoms with E-state index in [1.54, 1.807) is 6.07 Å². The average Bonchev–Trinajstić information content (AvgIpc) is 2.37. The van der Waals surface area contributed by atoms with Crippen molar-refractivity contribution in [1.29, 1.82) is 0 Å². The molecule has 0 saturated carbocycles. The standard InChI is InChI=1S/C16H18FNO/c1-11-7-13(9-14(17)8-11)16(19)12-5-4-6-15(10-12)18(2)3/h4-10,16,19H,1-3H3. The molecule has 0 spiro atoms. The Morgan fingerprint density at radius 3 is 2.42 bits per heavy atom. The van der Waals surface area contributed by atoms with E-state index in [1.807, 2.05) is 50.2 Å². The molecule has 1 unspecified atom stereocenters. The third-order valence-electron chi connectivity index (χ3n) is 3.08. The van der Waals surface area contributed by atoms with Crippen LogP contribution in [0, 0.1) is 12.7 Å². The van der Waals surface area contributed by atoms with Gasteiger partial charge in [-0.05, 0) is 47.9 Å². The first-order valence-electron chi connectivity index (χ1n) is 6.20. The van der Waals surface area contributed by atoms with E-state index < -0.39 is 6.10 Å². The first-order valence-corrected chi connectivity index (χ1v) is 6.20. The lowest BCUT2D eigenvalue weighted by Gasteiger charge is -2.17. The number of halogens is 1. The summed E-state index contributed by atoms with van der Waals surface area (Å²) in [4.78, 5) is 1.97. The molecule has 1 N–H and O–H groups in total. The molecule has 19 heavy (non-hydrogen) atoms. The lowest BCUT2D eigenvalue weighted by molar-refractivity contribution is 0.220. The first kappa shape index (κ1) is 13.6. The summed E-state index contributed by atoms with van der Waals surface area (Å²) in [5.74, 6) is -0.321. The van der Waals surface area contributed by atoms with Crippen LogP contribution in [0.1, 0.15) is 22.8 Å². The number of anilines is 1. The van der Waals surface area contributed by atoms with Gasteiger partial charge in [-0.1, -0.05) is 18.2 Å². The van der Waals surface area contributed by atoms with Crippen LogP contribution in [0.25, 0.3) is 0 Å². The van der Waals surface area contributed by atoms with Crippen LogP contribution >= 0.6 is 0 Å². The molecule has 0 saturated heterocycles. The molecule has 0 aromatic heterocycles. The second-order valence-electron chi connectivity index (χ2n) is 4.95. The Morgan fingerprint density at radius 1 is 1.05 bits per heavy atom. The highest BCUT2D eigenvalue weighted by Gasteiger charge is 2.12.